The number of hydrogen-bond acceptors (Lipinski definition) is 4. The van der Waals surface area contributed by atoms with Crippen LogP contribution in [0.25, 0.3) is 0 Å². The number of aliphatic hydroxyl groups is 1. The number of nitrogens with one attached hydrogen (secondary N) is 1. The summed E-state index contributed by atoms with van der Waals surface area (Å²) >= 11 is 0. The van der Waals surface area contributed by atoms with Crippen molar-refractivity contribution in [2.24, 2.45) is 0 Å². The van der Waals surface area contributed by atoms with Gasteiger partial charge in [0.05, 0.1) is 12.1 Å². The van der Waals surface area contributed by atoms with Gasteiger partial charge in [0.1, 0.15) is 24.3 Å². The molecule has 0 bridgehead atoms. The summed E-state index contributed by atoms with van der Waals surface area (Å²) in [5, 5.41) is 10.5. The van der Waals surface area contributed by atoms with E-state index in [0.29, 0.717) is 19.6 Å². The van der Waals surface area contributed by atoms with E-state index in [1.165, 1.54) is 12.1 Å². The molecule has 1 unspecified atom stereocenters. The minimum atomic E-state index is -4.39. The Bertz CT molecular complexity index is 912. The molecule has 0 spiro atoms. The third-order valence-electron chi connectivity index (χ3n) is 4.68. The van der Waals surface area contributed by atoms with Crippen LogP contribution in [0.15, 0.2) is 60.9 Å². The van der Waals surface area contributed by atoms with E-state index >= 15 is 0 Å². The minimum absolute atomic E-state index is 0.0339. The second-order valence-electron chi connectivity index (χ2n) is 7.12. The van der Waals surface area contributed by atoms with Crippen LogP contribution < -0.4 is 4.74 Å². The standard InChI is InChI=1S/C22H24F3N3O2/c1-16-4-2-3-5-17(16)12-28(14-21-26-10-11-27-21)13-19(29)15-30-20-8-6-18(7-9-20)22(23,24)25/h2-11,19,29H,12-15H2,1H3,(H,26,27). The van der Waals surface area contributed by atoms with Gasteiger partial charge in [-0.3, -0.25) is 4.90 Å². The van der Waals surface area contributed by atoms with Gasteiger partial charge in [0.2, 0.25) is 0 Å². The van der Waals surface area contributed by atoms with Crippen molar-refractivity contribution in [3.8, 4) is 5.75 Å². The fourth-order valence-electron chi connectivity index (χ4n) is 3.09. The average molecular weight is 419 g/mol. The Hall–Kier alpha value is -2.84. The van der Waals surface area contributed by atoms with Crippen LogP contribution in [0.1, 0.15) is 22.5 Å². The van der Waals surface area contributed by atoms with Gasteiger partial charge in [-0.1, -0.05) is 24.3 Å². The van der Waals surface area contributed by atoms with Crippen LogP contribution in [-0.4, -0.2) is 39.2 Å². The van der Waals surface area contributed by atoms with Gasteiger partial charge in [-0.25, -0.2) is 4.98 Å². The smallest absolute Gasteiger partial charge is 0.416 e. The first-order valence-electron chi connectivity index (χ1n) is 9.54. The van der Waals surface area contributed by atoms with E-state index in [-0.39, 0.29) is 12.4 Å². The Balaban J connectivity index is 1.59. The molecule has 30 heavy (non-hydrogen) atoms. The molecule has 0 amide bonds. The fraction of sp³-hybridized carbons (Fsp3) is 0.318. The number of nitrogens with zero attached hydrogens (tertiary/aromatic N) is 2. The van der Waals surface area contributed by atoms with Crippen molar-refractivity contribution in [2.75, 3.05) is 13.2 Å². The summed E-state index contributed by atoms with van der Waals surface area (Å²) in [6, 6.07) is 12.4. The highest BCUT2D eigenvalue weighted by Crippen LogP contribution is 2.30. The number of rotatable bonds is 9. The summed E-state index contributed by atoms with van der Waals surface area (Å²) in [5.41, 5.74) is 1.55. The molecule has 0 aliphatic carbocycles. The van der Waals surface area contributed by atoms with E-state index < -0.39 is 17.8 Å². The molecule has 5 nitrogen and oxygen atoms in total. The number of imidazole rings is 1. The number of H-pyrrole nitrogens is 1. The van der Waals surface area contributed by atoms with Crippen molar-refractivity contribution < 1.29 is 23.0 Å². The van der Waals surface area contributed by atoms with Crippen molar-refractivity contribution in [3.05, 3.63) is 83.4 Å². The molecule has 0 radical (unpaired) electrons. The average Bonchev–Trinajstić information content (AvgIpc) is 3.21. The Labute approximate surface area is 173 Å². The zero-order valence-electron chi connectivity index (χ0n) is 16.6. The Morgan fingerprint density at radius 2 is 1.83 bits per heavy atom. The maximum Gasteiger partial charge on any atom is 0.416 e. The van der Waals surface area contributed by atoms with Crippen LogP contribution in [0.3, 0.4) is 0 Å². The molecule has 1 aromatic heterocycles. The summed E-state index contributed by atoms with van der Waals surface area (Å²) in [5.74, 6) is 1.05. The number of aliphatic hydroxyl groups excluding tert-OH is 1. The van der Waals surface area contributed by atoms with Gasteiger partial charge in [0.25, 0.3) is 0 Å². The van der Waals surface area contributed by atoms with Crippen LogP contribution in [-0.2, 0) is 19.3 Å². The van der Waals surface area contributed by atoms with Gasteiger partial charge >= 0.3 is 6.18 Å². The van der Waals surface area contributed by atoms with Crippen LogP contribution in [0.5, 0.6) is 5.75 Å². The molecular weight excluding hydrogens is 395 g/mol. The molecule has 0 fully saturated rings. The maximum atomic E-state index is 12.6. The van der Waals surface area contributed by atoms with Crippen LogP contribution in [0, 0.1) is 6.92 Å². The molecule has 0 saturated heterocycles. The Kier molecular flexibility index (Phi) is 7.12. The molecule has 0 saturated carbocycles. The second-order valence-corrected chi connectivity index (χ2v) is 7.12. The van der Waals surface area contributed by atoms with E-state index in [1.807, 2.05) is 36.1 Å². The number of hydrogen-bond donors (Lipinski definition) is 2. The highest BCUT2D eigenvalue weighted by atomic mass is 19.4. The maximum absolute atomic E-state index is 12.6. The molecule has 1 atom stereocenters. The number of aromatic amines is 1. The first-order valence-corrected chi connectivity index (χ1v) is 9.54. The van der Waals surface area contributed by atoms with E-state index in [9.17, 15) is 18.3 Å². The Morgan fingerprint density at radius 3 is 2.47 bits per heavy atom. The lowest BCUT2D eigenvalue weighted by atomic mass is 10.1. The molecule has 160 valence electrons. The summed E-state index contributed by atoms with van der Waals surface area (Å²) < 4.78 is 43.4. The zero-order valence-corrected chi connectivity index (χ0v) is 16.6. The number of benzene rings is 2. The summed E-state index contributed by atoms with van der Waals surface area (Å²) in [6.07, 6.45) is -1.80. The molecule has 2 N–H and O–H groups in total. The fourth-order valence-corrected chi connectivity index (χ4v) is 3.09. The SMILES string of the molecule is Cc1ccccc1CN(Cc1ncc[nH]1)CC(O)COc1ccc(C(F)(F)F)cc1. The van der Waals surface area contributed by atoms with Crippen molar-refractivity contribution >= 4 is 0 Å². The monoisotopic (exact) mass is 419 g/mol. The molecule has 0 aliphatic heterocycles. The molecule has 1 heterocycles. The van der Waals surface area contributed by atoms with Gasteiger partial charge in [-0.05, 0) is 42.3 Å². The predicted octanol–water partition coefficient (Wildman–Crippen LogP) is 4.18. The number of alkyl halides is 3. The molecule has 0 aliphatic rings. The molecule has 8 heteroatoms. The first-order chi connectivity index (χ1) is 14.3. The topological polar surface area (TPSA) is 61.4 Å². The summed E-state index contributed by atoms with van der Waals surface area (Å²) in [4.78, 5) is 9.35. The normalized spacial score (nSPS) is 12.9. The Morgan fingerprint density at radius 1 is 1.10 bits per heavy atom. The van der Waals surface area contributed by atoms with Crippen LogP contribution >= 0.6 is 0 Å². The minimum Gasteiger partial charge on any atom is -0.491 e. The van der Waals surface area contributed by atoms with Crippen molar-refractivity contribution in [3.63, 3.8) is 0 Å². The summed E-state index contributed by atoms with van der Waals surface area (Å²) in [6.45, 7) is 3.44. The van der Waals surface area contributed by atoms with Crippen LogP contribution in [0.2, 0.25) is 0 Å². The number of halogens is 3. The third-order valence-corrected chi connectivity index (χ3v) is 4.68. The van der Waals surface area contributed by atoms with E-state index in [4.69, 9.17) is 4.74 Å². The molecular formula is C22H24F3N3O2. The number of ether oxygens (including phenoxy) is 1. The second kappa shape index (κ2) is 9.77. The van der Waals surface area contributed by atoms with E-state index in [0.717, 1.165) is 29.1 Å². The van der Waals surface area contributed by atoms with Gasteiger partial charge in [0.15, 0.2) is 0 Å². The van der Waals surface area contributed by atoms with Gasteiger partial charge in [-0.2, -0.15) is 13.2 Å². The first kappa shape index (κ1) is 21.9. The lowest BCUT2D eigenvalue weighted by Crippen LogP contribution is -2.35. The zero-order chi connectivity index (χ0) is 21.6. The highest BCUT2D eigenvalue weighted by Gasteiger charge is 2.30. The highest BCUT2D eigenvalue weighted by molar-refractivity contribution is 5.29. The molecule has 2 aromatic carbocycles. The third kappa shape index (κ3) is 6.33. The molecule has 3 rings (SSSR count). The lowest BCUT2D eigenvalue weighted by Gasteiger charge is -2.25. The lowest BCUT2D eigenvalue weighted by molar-refractivity contribution is -0.137. The van der Waals surface area contributed by atoms with Crippen molar-refractivity contribution in [1.29, 1.82) is 0 Å². The van der Waals surface area contributed by atoms with E-state index in [1.54, 1.807) is 12.4 Å². The van der Waals surface area contributed by atoms with Gasteiger partial charge in [0, 0.05) is 25.5 Å². The van der Waals surface area contributed by atoms with Gasteiger partial charge < -0.3 is 14.8 Å². The van der Waals surface area contributed by atoms with Crippen molar-refractivity contribution in [2.45, 2.75) is 32.3 Å². The largest absolute Gasteiger partial charge is 0.491 e. The quantitative estimate of drug-likeness (QED) is 0.546. The van der Waals surface area contributed by atoms with Crippen molar-refractivity contribution in [1.82, 2.24) is 14.9 Å². The number of aromatic nitrogens is 2. The van der Waals surface area contributed by atoms with Gasteiger partial charge in [-0.15, -0.1) is 0 Å². The predicted molar refractivity (Wildman–Crippen MR) is 107 cm³/mol. The summed E-state index contributed by atoms with van der Waals surface area (Å²) in [7, 11) is 0. The molecule has 3 aromatic rings. The van der Waals surface area contributed by atoms with Crippen LogP contribution in [0.4, 0.5) is 13.2 Å². The van der Waals surface area contributed by atoms with E-state index in [2.05, 4.69) is 9.97 Å². The number of aryl methyl sites for hydroxylation is 1.